The third-order valence-corrected chi connectivity index (χ3v) is 9.04. The molecule has 3 unspecified atom stereocenters. The highest BCUT2D eigenvalue weighted by Gasteiger charge is 2.38. The van der Waals surface area contributed by atoms with E-state index in [2.05, 4.69) is 5.32 Å². The molecule has 3 aliphatic rings. The second kappa shape index (κ2) is 9.44. The predicted molar refractivity (Wildman–Crippen MR) is 130 cm³/mol. The lowest BCUT2D eigenvalue weighted by Gasteiger charge is -2.22. The van der Waals surface area contributed by atoms with Crippen LogP contribution in [0.2, 0.25) is 0 Å². The third-order valence-electron chi connectivity index (χ3n) is 7.32. The molecule has 0 aromatic heterocycles. The molecule has 8 nitrogen and oxygen atoms in total. The molecule has 3 atom stereocenters. The van der Waals surface area contributed by atoms with Gasteiger partial charge >= 0.3 is 0 Å². The van der Waals surface area contributed by atoms with E-state index >= 15 is 0 Å². The van der Waals surface area contributed by atoms with Gasteiger partial charge in [0.1, 0.15) is 15.5 Å². The maximum Gasteiger partial charge on any atom is 0.261 e. The van der Waals surface area contributed by atoms with Crippen LogP contribution < -0.4 is 10.2 Å². The lowest BCUT2D eigenvalue weighted by atomic mass is 9.92. The number of carbonyl (C=O) groups excluding carboxylic acids is 2. The Bertz CT molecular complexity index is 1240. The zero-order valence-corrected chi connectivity index (χ0v) is 20.3. The summed E-state index contributed by atoms with van der Waals surface area (Å²) in [7, 11) is -3.04. The molecule has 3 heterocycles. The quantitative estimate of drug-likeness (QED) is 0.564. The zero-order chi connectivity index (χ0) is 25.6. The van der Waals surface area contributed by atoms with Gasteiger partial charge in [-0.1, -0.05) is 12.1 Å². The number of hydrogen-bond acceptors (Lipinski definition) is 7. The van der Waals surface area contributed by atoms with Crippen molar-refractivity contribution in [2.75, 3.05) is 47.9 Å². The first kappa shape index (κ1) is 24.6. The highest BCUT2D eigenvalue weighted by Crippen LogP contribution is 2.38. The maximum atomic E-state index is 15.0. The lowest BCUT2D eigenvalue weighted by molar-refractivity contribution is 0.0558. The molecule has 2 fully saturated rings. The number of nitrogens with one attached hydrogen (secondary N) is 1. The Morgan fingerprint density at radius 3 is 2.03 bits per heavy atom. The fourth-order valence-electron chi connectivity index (χ4n) is 5.42. The Balaban J connectivity index is 1.20. The first-order chi connectivity index (χ1) is 17.1. The van der Waals surface area contributed by atoms with Crippen LogP contribution in [0.4, 0.5) is 20.2 Å². The van der Waals surface area contributed by atoms with Crippen LogP contribution in [0.5, 0.6) is 0 Å². The molecule has 2 aromatic carbocycles. The number of nitrogens with zero attached hydrogens (tertiary/aromatic N) is 2. The minimum absolute atomic E-state index is 0.0798. The van der Waals surface area contributed by atoms with Crippen molar-refractivity contribution in [1.82, 2.24) is 4.90 Å². The van der Waals surface area contributed by atoms with Gasteiger partial charge in [0.15, 0.2) is 11.6 Å². The van der Waals surface area contributed by atoms with E-state index < -0.39 is 39.4 Å². The second-order valence-corrected chi connectivity index (χ2v) is 12.0. The van der Waals surface area contributed by atoms with Gasteiger partial charge in [0.25, 0.3) is 11.8 Å². The highest BCUT2D eigenvalue weighted by molar-refractivity contribution is 7.91. The summed E-state index contributed by atoms with van der Waals surface area (Å²) in [5.41, 5.74) is 0.542. The number of sulfone groups is 1. The first-order valence-electron chi connectivity index (χ1n) is 11.9. The Labute approximate surface area is 207 Å². The monoisotopic (exact) mass is 519 g/mol. The average molecular weight is 520 g/mol. The summed E-state index contributed by atoms with van der Waals surface area (Å²) >= 11 is 0. The van der Waals surface area contributed by atoms with Gasteiger partial charge in [0, 0.05) is 25.3 Å². The van der Waals surface area contributed by atoms with Gasteiger partial charge < -0.3 is 15.3 Å². The number of rotatable bonds is 6. The van der Waals surface area contributed by atoms with Crippen molar-refractivity contribution in [2.45, 2.75) is 18.9 Å². The third kappa shape index (κ3) is 4.69. The van der Waals surface area contributed by atoms with Crippen molar-refractivity contribution in [3.05, 3.63) is 59.2 Å². The van der Waals surface area contributed by atoms with Gasteiger partial charge in [-0.25, -0.2) is 17.2 Å². The SMILES string of the molecule is O=C1c2ccccc2C(=O)N1CC(O)CNc1cc(F)c(N2CC3CCS(=O)(=O)CCC3C2)c(F)c1. The number of imide groups is 1. The molecule has 192 valence electrons. The number of anilines is 2. The number of halogens is 2. The van der Waals surface area contributed by atoms with E-state index in [0.717, 1.165) is 17.0 Å². The van der Waals surface area contributed by atoms with Gasteiger partial charge in [-0.15, -0.1) is 0 Å². The topological polar surface area (TPSA) is 107 Å². The highest BCUT2D eigenvalue weighted by atomic mass is 32.2. The summed E-state index contributed by atoms with van der Waals surface area (Å²) in [6.45, 7) is 0.419. The second-order valence-electron chi connectivity index (χ2n) is 9.74. The van der Waals surface area contributed by atoms with E-state index in [1.807, 2.05) is 0 Å². The van der Waals surface area contributed by atoms with E-state index in [9.17, 15) is 31.9 Å². The van der Waals surface area contributed by atoms with Crippen LogP contribution in [-0.4, -0.2) is 74.0 Å². The molecule has 0 aliphatic carbocycles. The summed E-state index contributed by atoms with van der Waals surface area (Å²) in [5, 5.41) is 13.2. The maximum absolute atomic E-state index is 15.0. The van der Waals surface area contributed by atoms with Crippen LogP contribution in [0.1, 0.15) is 33.6 Å². The van der Waals surface area contributed by atoms with Gasteiger partial charge in [-0.2, -0.15) is 0 Å². The largest absolute Gasteiger partial charge is 0.389 e. The smallest absolute Gasteiger partial charge is 0.261 e. The number of carbonyl (C=O) groups is 2. The fraction of sp³-hybridized carbons (Fsp3) is 0.440. The molecule has 0 spiro atoms. The molecular formula is C25H27F2N3O5S. The van der Waals surface area contributed by atoms with Crippen molar-refractivity contribution < 1.29 is 31.9 Å². The molecule has 0 radical (unpaired) electrons. The number of β-amino-alcohol motifs (C(OH)–C–C–N with tert-alkyl or cyclic N) is 1. The van der Waals surface area contributed by atoms with Gasteiger partial charge in [-0.3, -0.25) is 14.5 Å². The lowest BCUT2D eigenvalue weighted by Crippen LogP contribution is -2.39. The molecule has 3 aliphatic heterocycles. The van der Waals surface area contributed by atoms with Crippen molar-refractivity contribution in [3.63, 3.8) is 0 Å². The van der Waals surface area contributed by atoms with Crippen LogP contribution in [0.15, 0.2) is 36.4 Å². The van der Waals surface area contributed by atoms with Gasteiger partial charge in [0.2, 0.25) is 0 Å². The fourth-order valence-corrected chi connectivity index (χ4v) is 6.95. The molecule has 5 rings (SSSR count). The summed E-state index contributed by atoms with van der Waals surface area (Å²) in [6.07, 6.45) is -0.158. The van der Waals surface area contributed by atoms with Gasteiger partial charge in [0.05, 0.1) is 35.3 Å². The Morgan fingerprint density at radius 1 is 0.972 bits per heavy atom. The Morgan fingerprint density at radius 2 is 1.50 bits per heavy atom. The molecule has 2 amide bonds. The van der Waals surface area contributed by atoms with Crippen LogP contribution >= 0.6 is 0 Å². The number of amides is 2. The van der Waals surface area contributed by atoms with Crippen molar-refractivity contribution in [1.29, 1.82) is 0 Å². The molecule has 0 saturated carbocycles. The van der Waals surface area contributed by atoms with Gasteiger partial charge in [-0.05, 0) is 48.9 Å². The molecule has 2 aromatic rings. The summed E-state index contributed by atoms with van der Waals surface area (Å²) in [4.78, 5) is 27.5. The van der Waals surface area contributed by atoms with Crippen LogP contribution in [-0.2, 0) is 9.84 Å². The molecular weight excluding hydrogens is 492 g/mol. The number of hydrogen-bond donors (Lipinski definition) is 2. The van der Waals surface area contributed by atoms with E-state index in [0.29, 0.717) is 25.9 Å². The molecule has 2 N–H and O–H groups in total. The molecule has 2 saturated heterocycles. The zero-order valence-electron chi connectivity index (χ0n) is 19.5. The number of aliphatic hydroxyl groups excluding tert-OH is 1. The Kier molecular flexibility index (Phi) is 6.46. The Hall–Kier alpha value is -3.05. The van der Waals surface area contributed by atoms with E-state index in [-0.39, 0.29) is 58.9 Å². The summed E-state index contributed by atoms with van der Waals surface area (Å²) in [6, 6.07) is 8.69. The number of aliphatic hydroxyl groups is 1. The average Bonchev–Trinajstić information content (AvgIpc) is 3.29. The normalized spacial score (nSPS) is 23.9. The summed E-state index contributed by atoms with van der Waals surface area (Å²) < 4.78 is 53.7. The number of fused-ring (bicyclic) bond motifs is 2. The van der Waals surface area contributed by atoms with E-state index in [1.165, 1.54) is 0 Å². The van der Waals surface area contributed by atoms with Crippen molar-refractivity contribution >= 4 is 33.0 Å². The van der Waals surface area contributed by atoms with Crippen molar-refractivity contribution in [3.8, 4) is 0 Å². The minimum atomic E-state index is -3.04. The molecule has 36 heavy (non-hydrogen) atoms. The molecule has 11 heteroatoms. The predicted octanol–water partition coefficient (Wildman–Crippen LogP) is 2.29. The van der Waals surface area contributed by atoms with Crippen LogP contribution in [0.3, 0.4) is 0 Å². The van der Waals surface area contributed by atoms with Crippen LogP contribution in [0, 0.1) is 23.5 Å². The standard InChI is InChI=1S/C25H27F2N3O5S/c26-21-9-17(28-11-18(31)14-30-24(32)19-3-1-2-4-20(19)25(30)33)10-22(27)23(21)29-12-15-5-7-36(34,35)8-6-16(15)13-29/h1-4,9-10,15-16,18,28,31H,5-8,11-14H2. The summed E-state index contributed by atoms with van der Waals surface area (Å²) in [5.74, 6) is -2.11. The first-order valence-corrected chi connectivity index (χ1v) is 13.8. The minimum Gasteiger partial charge on any atom is -0.389 e. The van der Waals surface area contributed by atoms with Crippen molar-refractivity contribution in [2.24, 2.45) is 11.8 Å². The van der Waals surface area contributed by atoms with E-state index in [1.54, 1.807) is 29.2 Å². The molecule has 0 bridgehead atoms. The van der Waals surface area contributed by atoms with E-state index in [4.69, 9.17) is 0 Å². The number of benzene rings is 2. The van der Waals surface area contributed by atoms with Crippen LogP contribution in [0.25, 0.3) is 0 Å².